The van der Waals surface area contributed by atoms with Crippen LogP contribution < -0.4 is 9.64 Å². The Hall–Kier alpha value is -3.93. The van der Waals surface area contributed by atoms with Crippen LogP contribution in [0.4, 0.5) is 5.69 Å². The quantitative estimate of drug-likeness (QED) is 0.514. The molecule has 0 fully saturated rings. The number of hydrogen-bond acceptors (Lipinski definition) is 4. The van der Waals surface area contributed by atoms with Crippen molar-refractivity contribution in [1.29, 1.82) is 0 Å². The van der Waals surface area contributed by atoms with E-state index in [0.29, 0.717) is 30.1 Å². The van der Waals surface area contributed by atoms with Crippen LogP contribution in [0.3, 0.4) is 0 Å². The predicted octanol–water partition coefficient (Wildman–Crippen LogP) is 4.23. The zero-order valence-corrected chi connectivity index (χ0v) is 18.7. The molecule has 1 aliphatic rings. The van der Waals surface area contributed by atoms with E-state index in [0.717, 1.165) is 11.1 Å². The molecule has 0 radical (unpaired) electrons. The monoisotopic (exact) mass is 442 g/mol. The molecule has 0 bridgehead atoms. The highest BCUT2D eigenvalue weighted by molar-refractivity contribution is 6.05. The second-order valence-corrected chi connectivity index (χ2v) is 8.14. The van der Waals surface area contributed by atoms with E-state index in [4.69, 9.17) is 4.74 Å². The number of nitrogens with zero attached hydrogens (tertiary/aromatic N) is 2. The third kappa shape index (κ3) is 5.12. The molecule has 3 aromatic carbocycles. The van der Waals surface area contributed by atoms with Gasteiger partial charge in [-0.1, -0.05) is 60.7 Å². The van der Waals surface area contributed by atoms with Crippen molar-refractivity contribution in [3.8, 4) is 5.75 Å². The van der Waals surface area contributed by atoms with Crippen molar-refractivity contribution in [3.05, 3.63) is 95.6 Å². The van der Waals surface area contributed by atoms with E-state index in [1.807, 2.05) is 60.7 Å². The third-order valence-corrected chi connectivity index (χ3v) is 5.65. The molecule has 33 heavy (non-hydrogen) atoms. The maximum atomic E-state index is 13.5. The van der Waals surface area contributed by atoms with E-state index in [1.54, 1.807) is 30.0 Å². The highest BCUT2D eigenvalue weighted by Gasteiger charge is 2.34. The summed E-state index contributed by atoms with van der Waals surface area (Å²) in [4.78, 5) is 41.6. The molecule has 1 aliphatic heterocycles. The van der Waals surface area contributed by atoms with Crippen LogP contribution in [0.25, 0.3) is 0 Å². The maximum Gasteiger partial charge on any atom is 0.268 e. The van der Waals surface area contributed by atoms with Gasteiger partial charge in [0, 0.05) is 18.7 Å². The number of carbonyl (C=O) groups excluding carboxylic acids is 3. The Labute approximate surface area is 193 Å². The lowest BCUT2D eigenvalue weighted by Gasteiger charge is -2.34. The number of benzene rings is 3. The van der Waals surface area contributed by atoms with Crippen LogP contribution >= 0.6 is 0 Å². The Morgan fingerprint density at radius 2 is 1.48 bits per heavy atom. The minimum absolute atomic E-state index is 0.120. The van der Waals surface area contributed by atoms with Crippen molar-refractivity contribution in [2.24, 2.45) is 0 Å². The fourth-order valence-electron chi connectivity index (χ4n) is 3.86. The SMILES string of the molecule is CC(=O)c1ccc2c(c1)N(CC(=O)N(Cc1ccccc1)Cc1ccccc1)C(=O)C(C)O2. The van der Waals surface area contributed by atoms with Crippen molar-refractivity contribution >= 4 is 23.3 Å². The first-order chi connectivity index (χ1) is 15.9. The molecule has 6 heteroatoms. The van der Waals surface area contributed by atoms with Gasteiger partial charge >= 0.3 is 0 Å². The van der Waals surface area contributed by atoms with Gasteiger partial charge in [0.2, 0.25) is 5.91 Å². The third-order valence-electron chi connectivity index (χ3n) is 5.65. The molecule has 0 saturated heterocycles. The van der Waals surface area contributed by atoms with E-state index in [-0.39, 0.29) is 24.1 Å². The summed E-state index contributed by atoms with van der Waals surface area (Å²) in [5.41, 5.74) is 2.91. The lowest BCUT2D eigenvalue weighted by atomic mass is 10.1. The number of rotatable bonds is 7. The molecule has 1 atom stereocenters. The van der Waals surface area contributed by atoms with Crippen molar-refractivity contribution in [1.82, 2.24) is 4.90 Å². The fraction of sp³-hybridized carbons (Fsp3) is 0.222. The number of anilines is 1. The summed E-state index contributed by atoms with van der Waals surface area (Å²) in [6.07, 6.45) is -0.717. The second kappa shape index (κ2) is 9.69. The topological polar surface area (TPSA) is 66.9 Å². The van der Waals surface area contributed by atoms with Gasteiger partial charge in [-0.15, -0.1) is 0 Å². The van der Waals surface area contributed by atoms with Crippen LogP contribution in [0.15, 0.2) is 78.9 Å². The first kappa shape index (κ1) is 22.3. The van der Waals surface area contributed by atoms with Gasteiger partial charge in [0.15, 0.2) is 11.9 Å². The Bertz CT molecular complexity index is 1120. The summed E-state index contributed by atoms with van der Waals surface area (Å²) in [7, 11) is 0. The Morgan fingerprint density at radius 1 is 0.909 bits per heavy atom. The van der Waals surface area contributed by atoms with Gasteiger partial charge in [-0.05, 0) is 43.2 Å². The van der Waals surface area contributed by atoms with E-state index in [1.165, 1.54) is 11.8 Å². The number of carbonyl (C=O) groups is 3. The number of fused-ring (bicyclic) bond motifs is 1. The van der Waals surface area contributed by atoms with Gasteiger partial charge in [-0.25, -0.2) is 0 Å². The van der Waals surface area contributed by atoms with Crippen LogP contribution in [0.1, 0.15) is 35.3 Å². The first-order valence-electron chi connectivity index (χ1n) is 10.9. The van der Waals surface area contributed by atoms with E-state index in [9.17, 15) is 14.4 Å². The Kier molecular flexibility index (Phi) is 6.54. The summed E-state index contributed by atoms with van der Waals surface area (Å²) in [6, 6.07) is 24.5. The summed E-state index contributed by atoms with van der Waals surface area (Å²) in [6.45, 7) is 3.83. The second-order valence-electron chi connectivity index (χ2n) is 8.14. The van der Waals surface area contributed by atoms with Gasteiger partial charge in [-0.2, -0.15) is 0 Å². The molecule has 1 heterocycles. The maximum absolute atomic E-state index is 13.5. The van der Waals surface area contributed by atoms with Crippen LogP contribution in [0.2, 0.25) is 0 Å². The van der Waals surface area contributed by atoms with Crippen LogP contribution in [-0.4, -0.2) is 35.1 Å². The van der Waals surface area contributed by atoms with Crippen molar-refractivity contribution in [2.45, 2.75) is 33.0 Å². The molecule has 0 N–H and O–H groups in total. The summed E-state index contributed by atoms with van der Waals surface area (Å²) in [5.74, 6) is -0.136. The number of Topliss-reactive ketones (excluding diaryl/α,β-unsaturated/α-hetero) is 1. The van der Waals surface area contributed by atoms with Gasteiger partial charge in [0.05, 0.1) is 5.69 Å². The van der Waals surface area contributed by atoms with Gasteiger partial charge in [0.25, 0.3) is 5.91 Å². The molecular formula is C27H26N2O4. The van der Waals surface area contributed by atoms with Crippen LogP contribution in [-0.2, 0) is 22.7 Å². The van der Waals surface area contributed by atoms with E-state index in [2.05, 4.69) is 0 Å². The standard InChI is InChI=1S/C27H26N2O4/c1-19(30)23-13-14-25-24(15-23)29(27(32)20(2)33-25)18-26(31)28(16-21-9-5-3-6-10-21)17-22-11-7-4-8-12-22/h3-15,20H,16-18H2,1-2H3. The van der Waals surface area contributed by atoms with Crippen molar-refractivity contribution in [3.63, 3.8) is 0 Å². The summed E-state index contributed by atoms with van der Waals surface area (Å²) in [5, 5.41) is 0. The average Bonchev–Trinajstić information content (AvgIpc) is 2.82. The van der Waals surface area contributed by atoms with Gasteiger partial charge < -0.3 is 9.64 Å². The zero-order valence-electron chi connectivity index (χ0n) is 18.7. The molecule has 0 aliphatic carbocycles. The normalized spacial score (nSPS) is 14.9. The molecule has 0 aromatic heterocycles. The largest absolute Gasteiger partial charge is 0.479 e. The Morgan fingerprint density at radius 3 is 2.03 bits per heavy atom. The molecule has 3 aromatic rings. The van der Waals surface area contributed by atoms with Crippen LogP contribution in [0.5, 0.6) is 5.75 Å². The molecular weight excluding hydrogens is 416 g/mol. The summed E-state index contributed by atoms with van der Waals surface area (Å²) < 4.78 is 5.71. The highest BCUT2D eigenvalue weighted by Crippen LogP contribution is 2.35. The molecule has 0 saturated carbocycles. The highest BCUT2D eigenvalue weighted by atomic mass is 16.5. The fourth-order valence-corrected chi connectivity index (χ4v) is 3.86. The number of hydrogen-bond donors (Lipinski definition) is 0. The minimum atomic E-state index is -0.717. The molecule has 6 nitrogen and oxygen atoms in total. The molecule has 2 amide bonds. The number of amides is 2. The lowest BCUT2D eigenvalue weighted by Crippen LogP contribution is -2.49. The molecule has 1 unspecified atom stereocenters. The zero-order chi connectivity index (χ0) is 23.4. The first-order valence-corrected chi connectivity index (χ1v) is 10.9. The smallest absolute Gasteiger partial charge is 0.268 e. The van der Waals surface area contributed by atoms with E-state index >= 15 is 0 Å². The lowest BCUT2D eigenvalue weighted by molar-refractivity contribution is -0.134. The average molecular weight is 443 g/mol. The van der Waals surface area contributed by atoms with Crippen molar-refractivity contribution < 1.29 is 19.1 Å². The van der Waals surface area contributed by atoms with Gasteiger partial charge in [0.1, 0.15) is 12.3 Å². The molecule has 168 valence electrons. The Balaban J connectivity index is 1.63. The van der Waals surface area contributed by atoms with Crippen molar-refractivity contribution in [2.75, 3.05) is 11.4 Å². The minimum Gasteiger partial charge on any atom is -0.479 e. The van der Waals surface area contributed by atoms with E-state index < -0.39 is 6.10 Å². The molecule has 0 spiro atoms. The molecule has 4 rings (SSSR count). The van der Waals surface area contributed by atoms with Crippen LogP contribution in [0, 0.1) is 0 Å². The van der Waals surface area contributed by atoms with Gasteiger partial charge in [-0.3, -0.25) is 19.3 Å². The predicted molar refractivity (Wildman–Crippen MR) is 126 cm³/mol. The number of ether oxygens (including phenoxy) is 1. The number of ketones is 1. The summed E-state index contributed by atoms with van der Waals surface area (Å²) >= 11 is 0.